The summed E-state index contributed by atoms with van der Waals surface area (Å²) in [4.78, 5) is 21.3. The van der Waals surface area contributed by atoms with Crippen LogP contribution in [0.4, 0.5) is 0 Å². The van der Waals surface area contributed by atoms with E-state index in [-0.39, 0.29) is 0 Å². The first kappa shape index (κ1) is 12.2. The number of oxazole rings is 1. The predicted octanol–water partition coefficient (Wildman–Crippen LogP) is 2.17. The van der Waals surface area contributed by atoms with Crippen LogP contribution in [0.5, 0.6) is 0 Å². The lowest BCUT2D eigenvalue weighted by atomic mass is 10.3. The van der Waals surface area contributed by atoms with Crippen molar-refractivity contribution in [1.29, 1.82) is 0 Å². The van der Waals surface area contributed by atoms with Crippen molar-refractivity contribution in [3.8, 4) is 33.7 Å². The molecule has 0 atom stereocenters. The summed E-state index contributed by atoms with van der Waals surface area (Å²) in [5.41, 5.74) is 3.67. The molecule has 0 saturated heterocycles. The van der Waals surface area contributed by atoms with Gasteiger partial charge in [-0.1, -0.05) is 4.49 Å². The Balaban J connectivity index is 1.76. The van der Waals surface area contributed by atoms with Crippen molar-refractivity contribution in [2.24, 2.45) is 0 Å². The fourth-order valence-corrected chi connectivity index (χ4v) is 2.87. The number of thiazole rings is 1. The molecule has 4 heterocycles. The van der Waals surface area contributed by atoms with Gasteiger partial charge < -0.3 is 4.42 Å². The molecule has 0 bridgehead atoms. The highest BCUT2D eigenvalue weighted by molar-refractivity contribution is 7.13. The van der Waals surface area contributed by atoms with Crippen molar-refractivity contribution < 1.29 is 4.42 Å². The third-order valence-corrected chi connectivity index (χ3v) is 3.91. The van der Waals surface area contributed by atoms with E-state index in [0.29, 0.717) is 28.8 Å². The van der Waals surface area contributed by atoms with Crippen molar-refractivity contribution in [1.82, 2.24) is 34.5 Å². The second kappa shape index (κ2) is 5.07. The Kier molecular flexibility index (Phi) is 2.94. The van der Waals surface area contributed by atoms with Gasteiger partial charge in [0.05, 0.1) is 5.51 Å². The summed E-state index contributed by atoms with van der Waals surface area (Å²) in [5, 5.41) is 5.85. The van der Waals surface area contributed by atoms with Gasteiger partial charge in [-0.15, -0.1) is 16.4 Å². The summed E-state index contributed by atoms with van der Waals surface area (Å²) in [7, 11) is 0. The molecule has 8 nitrogen and oxygen atoms in total. The van der Waals surface area contributed by atoms with Crippen LogP contribution >= 0.6 is 22.9 Å². The van der Waals surface area contributed by atoms with E-state index in [2.05, 4.69) is 34.5 Å². The average molecular weight is 315 g/mol. The summed E-state index contributed by atoms with van der Waals surface area (Å²) in [6.07, 6.45) is 4.33. The highest BCUT2D eigenvalue weighted by Gasteiger charge is 2.18. The molecule has 0 fully saturated rings. The Bertz CT molecular complexity index is 856. The monoisotopic (exact) mass is 315 g/mol. The van der Waals surface area contributed by atoms with E-state index < -0.39 is 0 Å². The maximum absolute atomic E-state index is 5.52. The topological polar surface area (TPSA) is 103 Å². The first-order chi connectivity index (χ1) is 10.4. The third-order valence-electron chi connectivity index (χ3n) is 2.59. The van der Waals surface area contributed by atoms with Gasteiger partial charge in [-0.25, -0.2) is 24.9 Å². The fraction of sp³-hybridized carbons (Fsp3) is 0. The molecule has 0 aliphatic rings. The Morgan fingerprint density at radius 3 is 2.76 bits per heavy atom. The molecule has 0 amide bonds. The molecule has 0 unspecified atom stereocenters. The lowest BCUT2D eigenvalue weighted by Crippen LogP contribution is -1.89. The molecule has 4 aromatic heterocycles. The number of rotatable bonds is 3. The van der Waals surface area contributed by atoms with Gasteiger partial charge in [0.25, 0.3) is 0 Å². The Morgan fingerprint density at radius 1 is 1.05 bits per heavy atom. The van der Waals surface area contributed by atoms with Crippen molar-refractivity contribution >= 4 is 22.9 Å². The van der Waals surface area contributed by atoms with Crippen LogP contribution in [0.15, 0.2) is 34.2 Å². The van der Waals surface area contributed by atoms with Gasteiger partial charge in [0, 0.05) is 5.38 Å². The maximum Gasteiger partial charge on any atom is 0.239 e. The van der Waals surface area contributed by atoms with Gasteiger partial charge in [0.15, 0.2) is 5.82 Å². The first-order valence-electron chi connectivity index (χ1n) is 5.71. The largest absolute Gasteiger partial charge is 0.443 e. The third kappa shape index (κ3) is 2.19. The minimum atomic E-state index is 0.455. The Morgan fingerprint density at radius 2 is 1.95 bits per heavy atom. The predicted molar refractivity (Wildman–Crippen MR) is 75.3 cm³/mol. The normalized spacial score (nSPS) is 10.9. The van der Waals surface area contributed by atoms with Crippen LogP contribution < -0.4 is 0 Å². The molecule has 0 aliphatic heterocycles. The number of hydrogen-bond acceptors (Lipinski definition) is 10. The van der Waals surface area contributed by atoms with E-state index in [9.17, 15) is 0 Å². The number of nitrogens with zero attached hydrogens (tertiary/aromatic N) is 7. The standard InChI is InChI=1S/C11H5N7OS2/c1-6(10-13-3-12-4-14-10)16-11(19-1)9-8(15-5-20-9)7-2-21-18-17-7/h1-5H. The zero-order valence-electron chi connectivity index (χ0n) is 10.2. The van der Waals surface area contributed by atoms with Gasteiger partial charge in [-0.2, -0.15) is 0 Å². The first-order valence-corrected chi connectivity index (χ1v) is 7.42. The van der Waals surface area contributed by atoms with Crippen LogP contribution in [0, 0.1) is 0 Å². The molecule has 4 aromatic rings. The van der Waals surface area contributed by atoms with Crippen LogP contribution in [0.25, 0.3) is 33.7 Å². The van der Waals surface area contributed by atoms with Crippen molar-refractivity contribution in [3.63, 3.8) is 0 Å². The van der Waals surface area contributed by atoms with Gasteiger partial charge in [0.1, 0.15) is 40.9 Å². The van der Waals surface area contributed by atoms with Crippen molar-refractivity contribution in [2.45, 2.75) is 0 Å². The van der Waals surface area contributed by atoms with E-state index in [1.54, 1.807) is 5.51 Å². The molecule has 0 aromatic carbocycles. The summed E-state index contributed by atoms with van der Waals surface area (Å²) in [6.45, 7) is 0. The summed E-state index contributed by atoms with van der Waals surface area (Å²) < 4.78 is 9.36. The Hall–Kier alpha value is -2.59. The van der Waals surface area contributed by atoms with E-state index in [0.717, 1.165) is 4.88 Å². The fourth-order valence-electron chi connectivity index (χ4n) is 1.70. The Labute approximate surface area is 125 Å². The second-order valence-electron chi connectivity index (χ2n) is 3.82. The molecular weight excluding hydrogens is 310 g/mol. The van der Waals surface area contributed by atoms with Crippen LogP contribution in [-0.2, 0) is 0 Å². The molecule has 0 radical (unpaired) electrons. The highest BCUT2D eigenvalue weighted by atomic mass is 32.1. The van der Waals surface area contributed by atoms with E-state index in [1.165, 1.54) is 41.8 Å². The highest BCUT2D eigenvalue weighted by Crippen LogP contribution is 2.34. The van der Waals surface area contributed by atoms with E-state index in [1.807, 2.05) is 5.38 Å². The van der Waals surface area contributed by atoms with Crippen LogP contribution in [0.2, 0.25) is 0 Å². The second-order valence-corrected chi connectivity index (χ2v) is 5.28. The summed E-state index contributed by atoms with van der Waals surface area (Å²) in [6, 6.07) is 0. The van der Waals surface area contributed by atoms with Gasteiger partial charge in [-0.05, 0) is 11.5 Å². The molecular formula is C11H5N7OS2. The molecule has 0 N–H and O–H groups in total. The van der Waals surface area contributed by atoms with Crippen LogP contribution in [-0.4, -0.2) is 34.5 Å². The quantitative estimate of drug-likeness (QED) is 0.566. The molecule has 0 saturated carbocycles. The van der Waals surface area contributed by atoms with Gasteiger partial charge >= 0.3 is 0 Å². The summed E-state index contributed by atoms with van der Waals surface area (Å²) >= 11 is 2.70. The average Bonchev–Trinajstić information content (AvgIpc) is 3.27. The molecule has 102 valence electrons. The van der Waals surface area contributed by atoms with Gasteiger partial charge in [-0.3, -0.25) is 0 Å². The van der Waals surface area contributed by atoms with Crippen LogP contribution in [0.1, 0.15) is 0 Å². The van der Waals surface area contributed by atoms with E-state index >= 15 is 0 Å². The maximum atomic E-state index is 5.52. The minimum absolute atomic E-state index is 0.455. The smallest absolute Gasteiger partial charge is 0.239 e. The SMILES string of the molecule is c1ncnc(-c2coc(-c3scnc3-c3csnn3)n2)n1. The lowest BCUT2D eigenvalue weighted by molar-refractivity contribution is 0.576. The molecule has 0 spiro atoms. The zero-order chi connectivity index (χ0) is 14.1. The van der Waals surface area contributed by atoms with Crippen LogP contribution in [0.3, 0.4) is 0 Å². The molecule has 0 aliphatic carbocycles. The lowest BCUT2D eigenvalue weighted by Gasteiger charge is -1.93. The molecule has 21 heavy (non-hydrogen) atoms. The van der Waals surface area contributed by atoms with Crippen molar-refractivity contribution in [3.05, 3.63) is 29.8 Å². The van der Waals surface area contributed by atoms with E-state index in [4.69, 9.17) is 4.42 Å². The number of hydrogen-bond donors (Lipinski definition) is 0. The van der Waals surface area contributed by atoms with Gasteiger partial charge in [0.2, 0.25) is 5.89 Å². The molecule has 10 heteroatoms. The summed E-state index contributed by atoms with van der Waals surface area (Å²) in [5.74, 6) is 0.914. The minimum Gasteiger partial charge on any atom is -0.443 e. The zero-order valence-corrected chi connectivity index (χ0v) is 11.9. The number of aromatic nitrogens is 7. The molecule has 4 rings (SSSR count). The van der Waals surface area contributed by atoms with Crippen molar-refractivity contribution in [2.75, 3.05) is 0 Å².